The number of aliphatic imine (C=N–C) groups is 1. The van der Waals surface area contributed by atoms with Crippen molar-refractivity contribution >= 4 is 45.1 Å². The molecule has 10 nitrogen and oxygen atoms in total. The molecule has 220 valence electrons. The molecule has 1 aliphatic rings. The fourth-order valence-electron chi connectivity index (χ4n) is 4.21. The normalized spacial score (nSPS) is 15.5. The molecule has 0 amide bonds. The molecule has 1 aliphatic heterocycles. The second-order valence-corrected chi connectivity index (χ2v) is 12.6. The van der Waals surface area contributed by atoms with Gasteiger partial charge in [0, 0.05) is 13.3 Å². The van der Waals surface area contributed by atoms with Gasteiger partial charge in [0.1, 0.15) is 24.1 Å². The minimum atomic E-state index is -3.81. The first-order valence-corrected chi connectivity index (χ1v) is 14.8. The highest BCUT2D eigenvalue weighted by atomic mass is 35.5. The average Bonchev–Trinajstić information content (AvgIpc) is 2.94. The van der Waals surface area contributed by atoms with Gasteiger partial charge in [0.05, 0.1) is 22.8 Å². The molecule has 40 heavy (non-hydrogen) atoms. The number of nitrogens with two attached hydrogens (primary N) is 1. The lowest BCUT2D eigenvalue weighted by atomic mass is 9.87. The van der Waals surface area contributed by atoms with Crippen LogP contribution in [-0.4, -0.2) is 69.4 Å². The number of halogens is 3. The van der Waals surface area contributed by atoms with Gasteiger partial charge in [0.2, 0.25) is 5.95 Å². The largest absolute Gasteiger partial charge is 0.483 e. The zero-order valence-corrected chi connectivity index (χ0v) is 24.5. The molecule has 2 heterocycles. The van der Waals surface area contributed by atoms with E-state index in [2.05, 4.69) is 30.9 Å². The van der Waals surface area contributed by atoms with Gasteiger partial charge >= 0.3 is 0 Å². The van der Waals surface area contributed by atoms with Gasteiger partial charge in [0.15, 0.2) is 26.8 Å². The Kier molecular flexibility index (Phi) is 11.1. The summed E-state index contributed by atoms with van der Waals surface area (Å²) in [7, 11) is -2.35. The summed E-state index contributed by atoms with van der Waals surface area (Å²) in [5.74, 6) is 0.679. The second-order valence-electron chi connectivity index (χ2n) is 9.68. The van der Waals surface area contributed by atoms with Crippen molar-refractivity contribution < 1.29 is 21.9 Å². The van der Waals surface area contributed by atoms with Crippen LogP contribution in [0.25, 0.3) is 0 Å². The van der Waals surface area contributed by atoms with Gasteiger partial charge in [0.25, 0.3) is 0 Å². The van der Waals surface area contributed by atoms with Crippen molar-refractivity contribution in [3.05, 3.63) is 45.2 Å². The van der Waals surface area contributed by atoms with Crippen molar-refractivity contribution in [1.29, 1.82) is 0 Å². The number of anilines is 3. The minimum Gasteiger partial charge on any atom is -0.483 e. The van der Waals surface area contributed by atoms with Gasteiger partial charge in [-0.2, -0.15) is 4.98 Å². The Morgan fingerprint density at radius 1 is 1.30 bits per heavy atom. The van der Waals surface area contributed by atoms with E-state index in [1.807, 2.05) is 19.1 Å². The number of benzene rings is 1. The highest BCUT2D eigenvalue weighted by Gasteiger charge is 2.24. The summed E-state index contributed by atoms with van der Waals surface area (Å²) in [6.07, 6.45) is 3.17. The van der Waals surface area contributed by atoms with Crippen molar-refractivity contribution in [2.75, 3.05) is 44.1 Å². The lowest BCUT2D eigenvalue weighted by Crippen LogP contribution is -2.27. The third-order valence-corrected chi connectivity index (χ3v) is 8.83. The van der Waals surface area contributed by atoms with E-state index in [0.29, 0.717) is 5.69 Å². The Labute approximate surface area is 238 Å². The highest BCUT2D eigenvalue weighted by Crippen LogP contribution is 2.37. The summed E-state index contributed by atoms with van der Waals surface area (Å²) in [5, 5.41) is 8.12. The van der Waals surface area contributed by atoms with Crippen LogP contribution in [0.1, 0.15) is 43.7 Å². The first-order valence-electron chi connectivity index (χ1n) is 12.9. The molecule has 0 bridgehead atoms. The van der Waals surface area contributed by atoms with Gasteiger partial charge in [-0.1, -0.05) is 11.6 Å². The number of aromatic nitrogens is 2. The van der Waals surface area contributed by atoms with Crippen LogP contribution in [-0.2, 0) is 9.84 Å². The maximum atomic E-state index is 13.4. The number of ether oxygens (including phenoxy) is 1. The molecular weight excluding hydrogens is 564 g/mol. The van der Waals surface area contributed by atoms with E-state index >= 15 is 0 Å². The topological polar surface area (TPSA) is 144 Å². The Bertz CT molecular complexity index is 1350. The highest BCUT2D eigenvalue weighted by molar-refractivity contribution is 7.95. The number of piperidine rings is 1. The molecule has 0 spiro atoms. The van der Waals surface area contributed by atoms with Crippen LogP contribution in [0.4, 0.5) is 26.2 Å². The van der Waals surface area contributed by atoms with Crippen LogP contribution in [0.2, 0.25) is 5.02 Å². The second kappa shape index (κ2) is 14.0. The van der Waals surface area contributed by atoms with Crippen LogP contribution < -0.4 is 26.4 Å². The number of nitrogens with zero attached hydrogens (tertiary/aromatic N) is 3. The molecule has 0 saturated carbocycles. The smallest absolute Gasteiger partial charge is 0.229 e. The lowest BCUT2D eigenvalue weighted by molar-refractivity contribution is 0.134. The quantitative estimate of drug-likeness (QED) is 0.261. The zero-order valence-electron chi connectivity index (χ0n) is 23.0. The van der Waals surface area contributed by atoms with Crippen LogP contribution in [0.5, 0.6) is 5.75 Å². The van der Waals surface area contributed by atoms with Crippen molar-refractivity contribution in [3.8, 4) is 5.75 Å². The minimum absolute atomic E-state index is 0.0114. The Morgan fingerprint density at radius 3 is 2.58 bits per heavy atom. The predicted octanol–water partition coefficient (Wildman–Crippen LogP) is 4.40. The first-order chi connectivity index (χ1) is 19.0. The number of hydrogen-bond acceptors (Lipinski definition) is 10. The van der Waals surface area contributed by atoms with Crippen LogP contribution in [0, 0.1) is 6.92 Å². The van der Waals surface area contributed by atoms with E-state index in [-0.39, 0.29) is 34.2 Å². The third kappa shape index (κ3) is 7.58. The van der Waals surface area contributed by atoms with E-state index in [9.17, 15) is 17.2 Å². The molecule has 1 saturated heterocycles. The van der Waals surface area contributed by atoms with E-state index < -0.39 is 39.6 Å². The number of rotatable bonds is 12. The maximum Gasteiger partial charge on any atom is 0.229 e. The number of nitrogens with one attached hydrogen (secondary N) is 3. The maximum absolute atomic E-state index is 13.4. The fraction of sp³-hybridized carbons (Fsp3) is 0.500. The van der Waals surface area contributed by atoms with Crippen molar-refractivity contribution in [1.82, 2.24) is 15.3 Å². The zero-order chi connectivity index (χ0) is 29.4. The summed E-state index contributed by atoms with van der Waals surface area (Å²) in [4.78, 5) is 12.5. The van der Waals surface area contributed by atoms with Crippen molar-refractivity contribution in [2.45, 2.75) is 50.9 Å². The number of aryl methyl sites for hydroxylation is 1. The van der Waals surface area contributed by atoms with E-state index in [1.165, 1.54) is 33.3 Å². The molecule has 1 aromatic carbocycles. The van der Waals surface area contributed by atoms with E-state index in [1.54, 1.807) is 0 Å². The average molecular weight is 600 g/mol. The van der Waals surface area contributed by atoms with Gasteiger partial charge in [-0.25, -0.2) is 22.2 Å². The summed E-state index contributed by atoms with van der Waals surface area (Å²) in [6, 6.07) is 3.64. The molecule has 3 rings (SSSR count). The summed E-state index contributed by atoms with van der Waals surface area (Å²) >= 11 is 6.31. The molecule has 2 aromatic rings. The number of alkyl halides is 2. The molecular formula is C26H36ClF2N7O3S. The Balaban J connectivity index is 2.00. The molecule has 14 heteroatoms. The number of allylic oxidation sites excluding steroid dienone is 1. The van der Waals surface area contributed by atoms with Crippen LogP contribution in [0.3, 0.4) is 0 Å². The van der Waals surface area contributed by atoms with E-state index in [4.69, 9.17) is 22.1 Å². The summed E-state index contributed by atoms with van der Waals surface area (Å²) in [6.45, 7) is 4.76. The predicted molar refractivity (Wildman–Crippen MR) is 156 cm³/mol. The molecule has 1 aromatic heterocycles. The standard InChI is InChI=1S/C26H36ClF2N7O3S/c1-15(2)40(37,38)24(30)22(14-31-4)34-25-20(27)13-33-26(36-25)35-21-9-16(3)19(17-5-7-32-8-6-17)10-23(21)39-18(11-28)12-29/h9-10,13-15,17-18,32H,5-8,11-12,30H2,1-4H3,(H2,33,34,35,36). The Morgan fingerprint density at radius 2 is 1.98 bits per heavy atom. The van der Waals surface area contributed by atoms with E-state index in [0.717, 1.165) is 37.1 Å². The van der Waals surface area contributed by atoms with Crippen molar-refractivity contribution in [3.63, 3.8) is 0 Å². The van der Waals surface area contributed by atoms with Crippen LogP contribution >= 0.6 is 11.6 Å². The van der Waals surface area contributed by atoms with Gasteiger partial charge in [-0.15, -0.1) is 0 Å². The van der Waals surface area contributed by atoms with Gasteiger partial charge in [-0.05, 0) is 75.9 Å². The monoisotopic (exact) mass is 599 g/mol. The fourth-order valence-corrected chi connectivity index (χ4v) is 5.27. The Hall–Kier alpha value is -3.03. The molecule has 1 fully saturated rings. The molecule has 5 N–H and O–H groups in total. The van der Waals surface area contributed by atoms with Gasteiger partial charge in [-0.3, -0.25) is 4.99 Å². The first kappa shape index (κ1) is 31.5. The third-order valence-electron chi connectivity index (χ3n) is 6.48. The van der Waals surface area contributed by atoms with Crippen LogP contribution in [0.15, 0.2) is 34.0 Å². The lowest BCUT2D eigenvalue weighted by Gasteiger charge is -2.26. The molecule has 0 radical (unpaired) electrons. The SMILES string of the molecule is CN=CC(Nc1nc(Nc2cc(C)c(C3CCNCC3)cc2OC(CF)CF)ncc1Cl)=C(N)S(=O)(=O)C(C)C. The molecule has 0 aliphatic carbocycles. The summed E-state index contributed by atoms with van der Waals surface area (Å²) in [5.41, 5.74) is 8.40. The molecule has 0 atom stereocenters. The molecule has 0 unspecified atom stereocenters. The number of hydrogen-bond donors (Lipinski definition) is 4. The summed E-state index contributed by atoms with van der Waals surface area (Å²) < 4.78 is 57.8. The van der Waals surface area contributed by atoms with Gasteiger partial charge < -0.3 is 26.4 Å². The van der Waals surface area contributed by atoms with Crippen molar-refractivity contribution in [2.24, 2.45) is 10.7 Å². The number of sulfone groups is 1.